The van der Waals surface area contributed by atoms with E-state index >= 15 is 0 Å². The minimum absolute atomic E-state index is 0.196. The van der Waals surface area contributed by atoms with Gasteiger partial charge in [-0.15, -0.1) is 0 Å². The molecule has 1 unspecified atom stereocenters. The number of nitrogens with one attached hydrogen (secondary N) is 1. The van der Waals surface area contributed by atoms with Gasteiger partial charge in [0.1, 0.15) is 5.82 Å². The Morgan fingerprint density at radius 1 is 1.14 bits per heavy atom. The minimum Gasteiger partial charge on any atom is -0.390 e. The van der Waals surface area contributed by atoms with Crippen LogP contribution in [0.5, 0.6) is 0 Å². The summed E-state index contributed by atoms with van der Waals surface area (Å²) in [7, 11) is 0. The van der Waals surface area contributed by atoms with Gasteiger partial charge in [-0.25, -0.2) is 4.39 Å². The molecule has 1 aliphatic rings. The zero-order valence-corrected chi connectivity index (χ0v) is 12.9. The van der Waals surface area contributed by atoms with Crippen LogP contribution in [0.25, 0.3) is 0 Å². The van der Waals surface area contributed by atoms with Crippen LogP contribution in [0.3, 0.4) is 0 Å². The molecule has 0 radical (unpaired) electrons. The first-order chi connectivity index (χ1) is 10.0. The highest BCUT2D eigenvalue weighted by atomic mass is 19.1. The number of β-amino-alcohol motifs (C(OH)–C–C–N with tert-alkyl or cyclic N) is 1. The van der Waals surface area contributed by atoms with Crippen molar-refractivity contribution in [2.24, 2.45) is 0 Å². The molecule has 2 rings (SSSR count). The highest BCUT2D eigenvalue weighted by molar-refractivity contribution is 5.46. The molecule has 1 heterocycles. The van der Waals surface area contributed by atoms with Gasteiger partial charge in [0.05, 0.1) is 6.10 Å². The lowest BCUT2D eigenvalue weighted by Gasteiger charge is -2.37. The number of nitrogens with zero attached hydrogens (tertiary/aromatic N) is 2. The van der Waals surface area contributed by atoms with Crippen molar-refractivity contribution < 1.29 is 9.50 Å². The second-order valence-electron chi connectivity index (χ2n) is 5.98. The number of piperazine rings is 1. The fraction of sp³-hybridized carbons (Fsp3) is 0.625. The van der Waals surface area contributed by atoms with E-state index in [-0.39, 0.29) is 11.9 Å². The fourth-order valence-electron chi connectivity index (χ4n) is 2.57. The Bertz CT molecular complexity index is 416. The third-order valence-electron chi connectivity index (χ3n) is 3.79. The number of hydrogen-bond acceptors (Lipinski definition) is 4. The first-order valence-electron chi connectivity index (χ1n) is 7.69. The number of rotatable bonds is 6. The predicted octanol–water partition coefficient (Wildman–Crippen LogP) is 1.31. The van der Waals surface area contributed by atoms with E-state index < -0.39 is 0 Å². The first kappa shape index (κ1) is 16.2. The van der Waals surface area contributed by atoms with Crippen molar-refractivity contribution in [3.05, 3.63) is 30.1 Å². The van der Waals surface area contributed by atoms with Gasteiger partial charge >= 0.3 is 0 Å². The van der Waals surface area contributed by atoms with Gasteiger partial charge in [-0.1, -0.05) is 13.8 Å². The molecule has 1 atom stereocenters. The summed E-state index contributed by atoms with van der Waals surface area (Å²) in [5, 5.41) is 13.3. The van der Waals surface area contributed by atoms with E-state index in [0.717, 1.165) is 31.9 Å². The van der Waals surface area contributed by atoms with E-state index in [0.29, 0.717) is 19.1 Å². The Hall–Kier alpha value is -1.17. The summed E-state index contributed by atoms with van der Waals surface area (Å²) >= 11 is 0. The van der Waals surface area contributed by atoms with Crippen LogP contribution in [0.4, 0.5) is 10.1 Å². The topological polar surface area (TPSA) is 38.7 Å². The molecule has 4 nitrogen and oxygen atoms in total. The summed E-state index contributed by atoms with van der Waals surface area (Å²) < 4.78 is 12.9. The number of hydrogen-bond donors (Lipinski definition) is 2. The number of aliphatic hydroxyl groups is 1. The van der Waals surface area contributed by atoms with Crippen molar-refractivity contribution in [2.75, 3.05) is 44.2 Å². The summed E-state index contributed by atoms with van der Waals surface area (Å²) in [6.07, 6.45) is -0.329. The molecule has 2 N–H and O–H groups in total. The maximum atomic E-state index is 12.9. The van der Waals surface area contributed by atoms with Gasteiger partial charge in [0, 0.05) is 51.0 Å². The third kappa shape index (κ3) is 5.26. The molecule has 0 aromatic heterocycles. The van der Waals surface area contributed by atoms with Crippen LogP contribution in [0.1, 0.15) is 13.8 Å². The average Bonchev–Trinajstić information content (AvgIpc) is 2.47. The highest BCUT2D eigenvalue weighted by Crippen LogP contribution is 2.16. The molecule has 1 saturated heterocycles. The smallest absolute Gasteiger partial charge is 0.123 e. The van der Waals surface area contributed by atoms with Crippen LogP contribution in [0, 0.1) is 5.82 Å². The Morgan fingerprint density at radius 3 is 2.33 bits per heavy atom. The van der Waals surface area contributed by atoms with E-state index in [2.05, 4.69) is 29.0 Å². The number of aliphatic hydroxyl groups excluding tert-OH is 1. The van der Waals surface area contributed by atoms with E-state index in [1.165, 1.54) is 12.1 Å². The van der Waals surface area contributed by atoms with Gasteiger partial charge < -0.3 is 15.3 Å². The molecule has 1 fully saturated rings. The van der Waals surface area contributed by atoms with Crippen LogP contribution in [0.15, 0.2) is 24.3 Å². The van der Waals surface area contributed by atoms with Crippen LogP contribution >= 0.6 is 0 Å². The van der Waals surface area contributed by atoms with E-state index in [1.54, 1.807) is 0 Å². The van der Waals surface area contributed by atoms with Gasteiger partial charge in [-0.05, 0) is 24.3 Å². The van der Waals surface area contributed by atoms with Gasteiger partial charge in [-0.3, -0.25) is 4.90 Å². The van der Waals surface area contributed by atoms with E-state index in [9.17, 15) is 9.50 Å². The van der Waals surface area contributed by atoms with Crippen LogP contribution in [-0.2, 0) is 0 Å². The summed E-state index contributed by atoms with van der Waals surface area (Å²) in [6, 6.07) is 7.06. The summed E-state index contributed by atoms with van der Waals surface area (Å²) in [5.74, 6) is -0.196. The van der Waals surface area contributed by atoms with Crippen LogP contribution in [-0.4, -0.2) is 61.4 Å². The van der Waals surface area contributed by atoms with Crippen molar-refractivity contribution in [3.8, 4) is 0 Å². The zero-order chi connectivity index (χ0) is 15.2. The average molecular weight is 295 g/mol. The second-order valence-corrected chi connectivity index (χ2v) is 5.98. The molecule has 0 amide bonds. The normalized spacial score (nSPS) is 18.2. The van der Waals surface area contributed by atoms with Crippen molar-refractivity contribution in [1.29, 1.82) is 0 Å². The quantitative estimate of drug-likeness (QED) is 0.830. The van der Waals surface area contributed by atoms with Gasteiger partial charge in [0.25, 0.3) is 0 Å². The van der Waals surface area contributed by atoms with Crippen LogP contribution < -0.4 is 10.2 Å². The summed E-state index contributed by atoms with van der Waals surface area (Å²) in [6.45, 7) is 9.17. The van der Waals surface area contributed by atoms with Crippen LogP contribution in [0.2, 0.25) is 0 Å². The molecule has 0 aliphatic carbocycles. The molecule has 1 aliphatic heterocycles. The van der Waals surface area contributed by atoms with Crippen molar-refractivity contribution in [3.63, 3.8) is 0 Å². The Balaban J connectivity index is 1.74. The second kappa shape index (κ2) is 7.73. The standard InChI is InChI=1S/C16H26FN3O/c1-13(2)18-11-16(21)12-19-7-9-20(10-8-19)15-5-3-14(17)4-6-15/h3-6,13,16,18,21H,7-12H2,1-2H3. The van der Waals surface area contributed by atoms with Crippen molar-refractivity contribution >= 4 is 5.69 Å². The molecule has 0 spiro atoms. The molecular weight excluding hydrogens is 269 g/mol. The largest absolute Gasteiger partial charge is 0.390 e. The lowest BCUT2D eigenvalue weighted by atomic mass is 10.2. The van der Waals surface area contributed by atoms with Gasteiger partial charge in [0.2, 0.25) is 0 Å². The van der Waals surface area contributed by atoms with Crippen molar-refractivity contribution in [2.45, 2.75) is 26.0 Å². The molecular formula is C16H26FN3O. The molecule has 0 bridgehead atoms. The van der Waals surface area contributed by atoms with E-state index in [4.69, 9.17) is 0 Å². The molecule has 0 saturated carbocycles. The molecule has 1 aromatic carbocycles. The Labute approximate surface area is 126 Å². The summed E-state index contributed by atoms with van der Waals surface area (Å²) in [5.41, 5.74) is 1.07. The third-order valence-corrected chi connectivity index (χ3v) is 3.79. The maximum Gasteiger partial charge on any atom is 0.123 e. The lowest BCUT2D eigenvalue weighted by molar-refractivity contribution is 0.106. The number of benzene rings is 1. The zero-order valence-electron chi connectivity index (χ0n) is 12.9. The molecule has 1 aromatic rings. The predicted molar refractivity (Wildman–Crippen MR) is 84.2 cm³/mol. The molecule has 21 heavy (non-hydrogen) atoms. The Morgan fingerprint density at radius 2 is 1.76 bits per heavy atom. The first-order valence-corrected chi connectivity index (χ1v) is 7.69. The molecule has 5 heteroatoms. The van der Waals surface area contributed by atoms with Gasteiger partial charge in [-0.2, -0.15) is 0 Å². The molecule has 118 valence electrons. The van der Waals surface area contributed by atoms with E-state index in [1.807, 2.05) is 12.1 Å². The van der Waals surface area contributed by atoms with Crippen molar-refractivity contribution in [1.82, 2.24) is 10.2 Å². The monoisotopic (exact) mass is 295 g/mol. The number of anilines is 1. The van der Waals surface area contributed by atoms with Gasteiger partial charge in [0.15, 0.2) is 0 Å². The minimum atomic E-state index is -0.329. The fourth-order valence-corrected chi connectivity index (χ4v) is 2.57. The highest BCUT2D eigenvalue weighted by Gasteiger charge is 2.19. The summed E-state index contributed by atoms with van der Waals surface area (Å²) in [4.78, 5) is 4.54. The lowest BCUT2D eigenvalue weighted by Crippen LogP contribution is -2.50. The number of halogens is 1. The maximum absolute atomic E-state index is 12.9. The Kier molecular flexibility index (Phi) is 5.96. The SMILES string of the molecule is CC(C)NCC(O)CN1CCN(c2ccc(F)cc2)CC1.